The van der Waals surface area contributed by atoms with Crippen LogP contribution in [0.1, 0.15) is 13.8 Å². The lowest BCUT2D eigenvalue weighted by Gasteiger charge is -2.23. The monoisotopic (exact) mass is 235 g/mol. The second-order valence-electron chi connectivity index (χ2n) is 3.88. The first-order chi connectivity index (χ1) is 6.94. The van der Waals surface area contributed by atoms with E-state index < -0.39 is 11.9 Å². The number of rotatable bonds is 4. The fourth-order valence-electron chi connectivity index (χ4n) is 1.49. The summed E-state index contributed by atoms with van der Waals surface area (Å²) in [5.74, 6) is 0.0674. The number of ether oxygens (including phenoxy) is 2. The van der Waals surface area contributed by atoms with Crippen LogP contribution in [0, 0.1) is 0 Å². The van der Waals surface area contributed by atoms with Gasteiger partial charge in [0.1, 0.15) is 6.10 Å². The van der Waals surface area contributed by atoms with Gasteiger partial charge in [-0.25, -0.2) is 4.79 Å². The number of hydrogen-bond donors (Lipinski definition) is 2. The van der Waals surface area contributed by atoms with Gasteiger partial charge < -0.3 is 19.9 Å². The Morgan fingerprint density at radius 1 is 1.73 bits per heavy atom. The van der Waals surface area contributed by atoms with Gasteiger partial charge >= 0.3 is 6.09 Å². The fraction of sp³-hybridized carbons (Fsp3) is 0.889. The Labute approximate surface area is 93.5 Å². The number of thioether (sulfide) groups is 1. The highest BCUT2D eigenvalue weighted by atomic mass is 32.2. The first kappa shape index (κ1) is 12.6. The maximum absolute atomic E-state index is 10.6. The van der Waals surface area contributed by atoms with Crippen molar-refractivity contribution in [2.75, 3.05) is 18.6 Å². The largest absolute Gasteiger partial charge is 0.465 e. The zero-order chi connectivity index (χ0) is 11.5. The maximum atomic E-state index is 10.6. The molecule has 0 aliphatic carbocycles. The molecule has 1 heterocycles. The predicted octanol–water partition coefficient (Wildman–Crippen LogP) is 1.14. The van der Waals surface area contributed by atoms with E-state index in [9.17, 15) is 4.79 Å². The molecule has 0 spiro atoms. The molecule has 1 amide bonds. The van der Waals surface area contributed by atoms with Gasteiger partial charge in [-0.2, -0.15) is 11.8 Å². The Balaban J connectivity index is 2.53. The van der Waals surface area contributed by atoms with Crippen molar-refractivity contribution in [3.8, 4) is 0 Å². The minimum atomic E-state index is -1.03. The van der Waals surface area contributed by atoms with Crippen LogP contribution in [0.4, 0.5) is 4.79 Å². The van der Waals surface area contributed by atoms with Crippen molar-refractivity contribution in [3.63, 3.8) is 0 Å². The molecule has 1 saturated heterocycles. The Bertz CT molecular complexity index is 234. The summed E-state index contributed by atoms with van der Waals surface area (Å²) in [5, 5.41) is 11.1. The van der Waals surface area contributed by atoms with Crippen LogP contribution in [0.5, 0.6) is 0 Å². The van der Waals surface area contributed by atoms with E-state index >= 15 is 0 Å². The van der Waals surface area contributed by atoms with Crippen LogP contribution in [-0.4, -0.2) is 47.7 Å². The molecule has 0 aromatic carbocycles. The van der Waals surface area contributed by atoms with Crippen molar-refractivity contribution in [1.82, 2.24) is 5.32 Å². The van der Waals surface area contributed by atoms with Crippen LogP contribution in [0.25, 0.3) is 0 Å². The molecule has 5 nitrogen and oxygen atoms in total. The highest BCUT2D eigenvalue weighted by Gasteiger charge is 2.37. The van der Waals surface area contributed by atoms with Crippen molar-refractivity contribution < 1.29 is 19.4 Å². The summed E-state index contributed by atoms with van der Waals surface area (Å²) in [6.07, 6.45) is 0.697. The van der Waals surface area contributed by atoms with Gasteiger partial charge in [0.15, 0.2) is 5.79 Å². The molecule has 0 unspecified atom stereocenters. The number of hydrogen-bond acceptors (Lipinski definition) is 4. The lowest BCUT2D eigenvalue weighted by Crippen LogP contribution is -2.46. The number of amides is 1. The summed E-state index contributed by atoms with van der Waals surface area (Å²) in [5.41, 5.74) is 0. The summed E-state index contributed by atoms with van der Waals surface area (Å²) < 4.78 is 11.0. The van der Waals surface area contributed by atoms with Crippen LogP contribution < -0.4 is 5.32 Å². The zero-order valence-corrected chi connectivity index (χ0v) is 9.97. The third kappa shape index (κ3) is 3.89. The molecule has 0 radical (unpaired) electrons. The molecule has 88 valence electrons. The summed E-state index contributed by atoms with van der Waals surface area (Å²) in [4.78, 5) is 10.6. The topological polar surface area (TPSA) is 67.8 Å². The first-order valence-electron chi connectivity index (χ1n) is 4.75. The molecule has 0 aromatic rings. The molecular formula is C9H17NO4S. The molecule has 15 heavy (non-hydrogen) atoms. The Hall–Kier alpha value is -0.460. The van der Waals surface area contributed by atoms with Gasteiger partial charge in [-0.1, -0.05) is 0 Å². The van der Waals surface area contributed by atoms with Crippen LogP contribution in [0.15, 0.2) is 0 Å². The molecule has 1 aliphatic heterocycles. The Morgan fingerprint density at radius 2 is 2.40 bits per heavy atom. The second kappa shape index (κ2) is 5.05. The lowest BCUT2D eigenvalue weighted by molar-refractivity contribution is -0.140. The van der Waals surface area contributed by atoms with Crippen molar-refractivity contribution in [3.05, 3.63) is 0 Å². The van der Waals surface area contributed by atoms with Crippen molar-refractivity contribution in [2.24, 2.45) is 0 Å². The molecule has 1 aliphatic rings. The maximum Gasteiger partial charge on any atom is 0.404 e. The molecule has 2 N–H and O–H groups in total. The Kier molecular flexibility index (Phi) is 4.24. The third-order valence-corrected chi connectivity index (χ3v) is 2.83. The highest BCUT2D eigenvalue weighted by Crippen LogP contribution is 2.25. The molecule has 2 atom stereocenters. The lowest BCUT2D eigenvalue weighted by atomic mass is 10.2. The van der Waals surface area contributed by atoms with E-state index in [2.05, 4.69) is 5.32 Å². The summed E-state index contributed by atoms with van der Waals surface area (Å²) in [6.45, 7) is 4.08. The quantitative estimate of drug-likeness (QED) is 0.764. The van der Waals surface area contributed by atoms with E-state index in [1.165, 1.54) is 0 Å². The van der Waals surface area contributed by atoms with Gasteiger partial charge in [0.05, 0.1) is 12.6 Å². The fourth-order valence-corrected chi connectivity index (χ4v) is 2.15. The normalized spacial score (nSPS) is 26.2. The van der Waals surface area contributed by atoms with Gasteiger partial charge in [-0.15, -0.1) is 0 Å². The van der Waals surface area contributed by atoms with Gasteiger partial charge in [0.2, 0.25) is 0 Å². The molecule has 0 aromatic heterocycles. The van der Waals surface area contributed by atoms with Crippen LogP contribution in [0.2, 0.25) is 0 Å². The minimum Gasteiger partial charge on any atom is -0.465 e. The van der Waals surface area contributed by atoms with Gasteiger partial charge in [0.25, 0.3) is 0 Å². The van der Waals surface area contributed by atoms with E-state index in [4.69, 9.17) is 14.6 Å². The average molecular weight is 235 g/mol. The molecular weight excluding hydrogens is 218 g/mol. The summed E-state index contributed by atoms with van der Waals surface area (Å²) >= 11 is 1.58. The molecule has 1 fully saturated rings. The van der Waals surface area contributed by atoms with Gasteiger partial charge in [-0.3, -0.25) is 0 Å². The number of carbonyl (C=O) groups is 1. The summed E-state index contributed by atoms with van der Waals surface area (Å²) in [7, 11) is 0. The third-order valence-electron chi connectivity index (χ3n) is 2.13. The van der Waals surface area contributed by atoms with Crippen molar-refractivity contribution in [2.45, 2.75) is 31.8 Å². The van der Waals surface area contributed by atoms with Crippen molar-refractivity contribution >= 4 is 17.9 Å². The van der Waals surface area contributed by atoms with E-state index in [0.717, 1.165) is 0 Å². The van der Waals surface area contributed by atoms with Gasteiger partial charge in [0, 0.05) is 5.75 Å². The Morgan fingerprint density at radius 3 is 2.80 bits per heavy atom. The van der Waals surface area contributed by atoms with E-state index in [1.807, 2.05) is 20.1 Å². The zero-order valence-electron chi connectivity index (χ0n) is 9.15. The van der Waals surface area contributed by atoms with Crippen LogP contribution in [0.3, 0.4) is 0 Å². The van der Waals surface area contributed by atoms with Crippen molar-refractivity contribution in [1.29, 1.82) is 0 Å². The molecule has 0 saturated carbocycles. The highest BCUT2D eigenvalue weighted by molar-refractivity contribution is 7.98. The summed E-state index contributed by atoms with van der Waals surface area (Å²) in [6, 6.07) is -0.223. The van der Waals surface area contributed by atoms with Crippen LogP contribution >= 0.6 is 11.8 Å². The average Bonchev–Trinajstić information content (AvgIpc) is 2.44. The van der Waals surface area contributed by atoms with E-state index in [0.29, 0.717) is 12.4 Å². The minimum absolute atomic E-state index is 0.205. The van der Waals surface area contributed by atoms with E-state index in [1.54, 1.807) is 11.8 Å². The smallest absolute Gasteiger partial charge is 0.404 e. The number of carboxylic acid groups (broad SMARTS) is 1. The van der Waals surface area contributed by atoms with Gasteiger partial charge in [-0.05, 0) is 20.1 Å². The molecule has 1 rings (SSSR count). The second-order valence-corrected chi connectivity index (χ2v) is 4.79. The SMILES string of the molecule is CSC[C@@H](NC(=O)O)[C@@H]1COC(C)(C)O1. The van der Waals surface area contributed by atoms with Crippen LogP contribution in [-0.2, 0) is 9.47 Å². The molecule has 0 bridgehead atoms. The first-order valence-corrected chi connectivity index (χ1v) is 6.14. The standard InChI is InChI=1S/C9H17NO4S/c1-9(2)13-4-7(14-9)6(5-15-3)10-8(11)12/h6-7,10H,4-5H2,1-3H3,(H,11,12)/t6-,7+/m1/s1. The molecule has 6 heteroatoms. The predicted molar refractivity (Wildman–Crippen MR) is 58.2 cm³/mol. The number of nitrogens with one attached hydrogen (secondary N) is 1. The van der Waals surface area contributed by atoms with E-state index in [-0.39, 0.29) is 12.1 Å².